The van der Waals surface area contributed by atoms with E-state index >= 15 is 0 Å². The third kappa shape index (κ3) is 3.36. The minimum absolute atomic E-state index is 0.745. The van der Waals surface area contributed by atoms with E-state index in [4.69, 9.17) is 9.97 Å². The third-order valence-corrected chi connectivity index (χ3v) is 9.44. The van der Waals surface area contributed by atoms with Crippen LogP contribution in [0.5, 0.6) is 0 Å². The van der Waals surface area contributed by atoms with Gasteiger partial charge in [0.05, 0.1) is 11.2 Å². The molecule has 9 rings (SSSR count). The monoisotopic (exact) mass is 538 g/mol. The van der Waals surface area contributed by atoms with Crippen LogP contribution in [0.4, 0.5) is 0 Å². The van der Waals surface area contributed by atoms with Crippen LogP contribution in [0.3, 0.4) is 0 Å². The number of benzene rings is 7. The van der Waals surface area contributed by atoms with E-state index in [-0.39, 0.29) is 0 Å². The first-order valence-corrected chi connectivity index (χ1v) is 14.7. The summed E-state index contributed by atoms with van der Waals surface area (Å²) in [7, 11) is 0. The van der Waals surface area contributed by atoms with Gasteiger partial charge in [-0.25, -0.2) is 9.97 Å². The van der Waals surface area contributed by atoms with Crippen LogP contribution in [0, 0.1) is 0 Å². The number of aromatic nitrogens is 2. The molecule has 0 atom stereocenters. The summed E-state index contributed by atoms with van der Waals surface area (Å²) < 4.78 is 2.69. The lowest BCUT2D eigenvalue weighted by molar-refractivity contribution is 1.23. The number of fused-ring (bicyclic) bond motifs is 11. The molecular weight excluding hydrogens is 516 g/mol. The molecule has 0 unspecified atom stereocenters. The van der Waals surface area contributed by atoms with Crippen LogP contribution >= 0.6 is 11.3 Å². The standard InChI is InChI=1S/C38H22N2S/c1-2-10-23(11-3-1)36-29-14-6-8-16-32(29)39-38(40-36)25-19-20-26-24(22-25)18-21-31-34(26)27-12-4-5-13-28(27)35-30-15-7-9-17-33(30)41-37(31)35/h1-22H. The number of hydrogen-bond donors (Lipinski definition) is 0. The lowest BCUT2D eigenvalue weighted by Gasteiger charge is -2.12. The SMILES string of the molecule is c1ccc(-c2nc(-c3ccc4c(ccc5c6sc7ccccc7c6c6ccccc6c45)c3)nc3ccccc23)cc1. The Kier molecular flexibility index (Phi) is 4.80. The fourth-order valence-corrected chi connectivity index (χ4v) is 7.64. The van der Waals surface area contributed by atoms with Crippen molar-refractivity contribution in [1.82, 2.24) is 9.97 Å². The Balaban J connectivity index is 1.33. The summed E-state index contributed by atoms with van der Waals surface area (Å²) in [6, 6.07) is 47.6. The maximum absolute atomic E-state index is 5.12. The molecular formula is C38H22N2S. The van der Waals surface area contributed by atoms with Gasteiger partial charge in [-0.3, -0.25) is 0 Å². The Hall–Kier alpha value is -5.12. The highest BCUT2D eigenvalue weighted by Crippen LogP contribution is 2.46. The van der Waals surface area contributed by atoms with E-state index in [0.717, 1.165) is 33.5 Å². The molecule has 0 aliphatic heterocycles. The van der Waals surface area contributed by atoms with Crippen molar-refractivity contribution in [2.75, 3.05) is 0 Å². The average molecular weight is 539 g/mol. The normalized spacial score (nSPS) is 11.9. The van der Waals surface area contributed by atoms with Crippen LogP contribution < -0.4 is 0 Å². The van der Waals surface area contributed by atoms with Crippen molar-refractivity contribution in [2.24, 2.45) is 0 Å². The van der Waals surface area contributed by atoms with Crippen molar-refractivity contribution in [3.8, 4) is 22.6 Å². The highest BCUT2D eigenvalue weighted by atomic mass is 32.1. The van der Waals surface area contributed by atoms with Gasteiger partial charge in [0.15, 0.2) is 5.82 Å². The molecule has 2 nitrogen and oxygen atoms in total. The first kappa shape index (κ1) is 22.7. The lowest BCUT2D eigenvalue weighted by atomic mass is 9.93. The highest BCUT2D eigenvalue weighted by Gasteiger charge is 2.17. The second-order valence-corrected chi connectivity index (χ2v) is 11.6. The first-order chi connectivity index (χ1) is 20.3. The Morgan fingerprint density at radius 1 is 0.439 bits per heavy atom. The topological polar surface area (TPSA) is 25.8 Å². The molecule has 3 heteroatoms. The van der Waals surface area contributed by atoms with Gasteiger partial charge in [-0.05, 0) is 45.1 Å². The minimum atomic E-state index is 0.745. The van der Waals surface area contributed by atoms with Crippen molar-refractivity contribution in [1.29, 1.82) is 0 Å². The van der Waals surface area contributed by atoms with Gasteiger partial charge in [-0.2, -0.15) is 0 Å². The third-order valence-electron chi connectivity index (χ3n) is 8.23. The second-order valence-electron chi connectivity index (χ2n) is 10.6. The van der Waals surface area contributed by atoms with Gasteiger partial charge in [0.2, 0.25) is 0 Å². The van der Waals surface area contributed by atoms with E-state index in [2.05, 4.69) is 121 Å². The molecule has 0 spiro atoms. The molecule has 0 fully saturated rings. The number of rotatable bonds is 2. The van der Waals surface area contributed by atoms with Crippen molar-refractivity contribution in [3.63, 3.8) is 0 Å². The summed E-state index contributed by atoms with van der Waals surface area (Å²) >= 11 is 1.90. The predicted molar refractivity (Wildman–Crippen MR) is 176 cm³/mol. The second kappa shape index (κ2) is 8.69. The van der Waals surface area contributed by atoms with Gasteiger partial charge >= 0.3 is 0 Å². The zero-order chi connectivity index (χ0) is 26.9. The zero-order valence-corrected chi connectivity index (χ0v) is 22.8. The van der Waals surface area contributed by atoms with E-state index in [9.17, 15) is 0 Å². The minimum Gasteiger partial charge on any atom is -0.228 e. The molecule has 41 heavy (non-hydrogen) atoms. The van der Waals surface area contributed by atoms with Gasteiger partial charge in [0.1, 0.15) is 0 Å². The molecule has 0 saturated heterocycles. The summed E-state index contributed by atoms with van der Waals surface area (Å²) in [5.41, 5.74) is 4.03. The molecule has 7 aromatic carbocycles. The van der Waals surface area contributed by atoms with Gasteiger partial charge in [-0.15, -0.1) is 11.3 Å². The molecule has 0 aliphatic carbocycles. The Morgan fingerprint density at radius 2 is 1.12 bits per heavy atom. The first-order valence-electron chi connectivity index (χ1n) is 13.8. The Bertz CT molecular complexity index is 2470. The van der Waals surface area contributed by atoms with E-state index in [0.29, 0.717) is 0 Å². The number of nitrogens with zero attached hydrogens (tertiary/aromatic N) is 2. The maximum atomic E-state index is 5.12. The summed E-state index contributed by atoms with van der Waals surface area (Å²) in [6.07, 6.45) is 0. The van der Waals surface area contributed by atoms with E-state index < -0.39 is 0 Å². The molecule has 2 aromatic heterocycles. The van der Waals surface area contributed by atoms with Crippen molar-refractivity contribution in [2.45, 2.75) is 0 Å². The Labute approximate surface area is 240 Å². The van der Waals surface area contributed by atoms with Crippen LogP contribution in [0.2, 0.25) is 0 Å². The lowest BCUT2D eigenvalue weighted by Crippen LogP contribution is -1.95. The summed E-state index contributed by atoms with van der Waals surface area (Å²) in [6.45, 7) is 0. The molecule has 9 aromatic rings. The fraction of sp³-hybridized carbons (Fsp3) is 0. The number of para-hydroxylation sites is 1. The predicted octanol–water partition coefficient (Wildman–Crippen LogP) is 10.8. The van der Waals surface area contributed by atoms with Crippen molar-refractivity contribution < 1.29 is 0 Å². The van der Waals surface area contributed by atoms with Crippen LogP contribution in [0.1, 0.15) is 0 Å². The molecule has 2 heterocycles. The highest BCUT2D eigenvalue weighted by molar-refractivity contribution is 7.27. The van der Waals surface area contributed by atoms with Crippen molar-refractivity contribution in [3.05, 3.63) is 133 Å². The van der Waals surface area contributed by atoms with Crippen LogP contribution in [-0.2, 0) is 0 Å². The van der Waals surface area contributed by atoms with Gasteiger partial charge in [0, 0.05) is 42.1 Å². The number of thiophene rings is 1. The number of hydrogen-bond acceptors (Lipinski definition) is 3. The molecule has 0 amide bonds. The molecule has 0 aliphatic rings. The molecule has 0 saturated carbocycles. The van der Waals surface area contributed by atoms with Crippen LogP contribution in [-0.4, -0.2) is 9.97 Å². The Morgan fingerprint density at radius 3 is 1.98 bits per heavy atom. The fourth-order valence-electron chi connectivity index (χ4n) is 6.39. The maximum Gasteiger partial charge on any atom is 0.160 e. The summed E-state index contributed by atoms with van der Waals surface area (Å²) in [5.74, 6) is 0.745. The molecule has 0 bridgehead atoms. The quantitative estimate of drug-likeness (QED) is 0.205. The molecule has 0 N–H and O–H groups in total. The smallest absolute Gasteiger partial charge is 0.160 e. The summed E-state index contributed by atoms with van der Waals surface area (Å²) in [5, 5.41) is 11.4. The molecule has 190 valence electrons. The van der Waals surface area contributed by atoms with Crippen LogP contribution in [0.25, 0.3) is 86.0 Å². The van der Waals surface area contributed by atoms with Crippen LogP contribution in [0.15, 0.2) is 133 Å². The largest absolute Gasteiger partial charge is 0.228 e. The average Bonchev–Trinajstić information content (AvgIpc) is 3.44. The van der Waals surface area contributed by atoms with E-state index in [1.165, 1.54) is 52.5 Å². The zero-order valence-electron chi connectivity index (χ0n) is 22.0. The van der Waals surface area contributed by atoms with E-state index in [1.807, 2.05) is 23.5 Å². The van der Waals surface area contributed by atoms with Gasteiger partial charge in [0.25, 0.3) is 0 Å². The summed E-state index contributed by atoms with van der Waals surface area (Å²) in [4.78, 5) is 10.1. The van der Waals surface area contributed by atoms with Gasteiger partial charge < -0.3 is 0 Å². The van der Waals surface area contributed by atoms with E-state index in [1.54, 1.807) is 0 Å². The molecule has 0 radical (unpaired) electrons. The van der Waals surface area contributed by atoms with Gasteiger partial charge in [-0.1, -0.05) is 115 Å². The van der Waals surface area contributed by atoms with Crippen molar-refractivity contribution >= 4 is 74.7 Å².